The van der Waals surface area contributed by atoms with E-state index in [1.807, 2.05) is 18.2 Å². The van der Waals surface area contributed by atoms with Crippen molar-refractivity contribution in [2.24, 2.45) is 0 Å². The van der Waals surface area contributed by atoms with Crippen LogP contribution in [0, 0.1) is 0 Å². The van der Waals surface area contributed by atoms with Gasteiger partial charge in [-0.2, -0.15) is 0 Å². The number of carbonyl (C=O) groups is 2. The maximum Gasteiger partial charge on any atom is 0.274 e. The van der Waals surface area contributed by atoms with E-state index in [9.17, 15) is 9.59 Å². The first-order valence-electron chi connectivity index (χ1n) is 5.51. The second-order valence-electron chi connectivity index (χ2n) is 3.78. The Kier molecular flexibility index (Phi) is 3.48. The number of Topliss-reactive ketones (excluding diaryl/α,β-unsaturated/α-hetero) is 1. The van der Waals surface area contributed by atoms with Gasteiger partial charge in [-0.3, -0.25) is 9.59 Å². The van der Waals surface area contributed by atoms with Gasteiger partial charge in [0.2, 0.25) is 0 Å². The van der Waals surface area contributed by atoms with E-state index in [-0.39, 0.29) is 23.1 Å². The van der Waals surface area contributed by atoms with Crippen LogP contribution in [0.3, 0.4) is 0 Å². The Hall–Kier alpha value is -2.49. The van der Waals surface area contributed by atoms with Crippen molar-refractivity contribution in [2.75, 3.05) is 5.32 Å². The predicted molar refractivity (Wildman–Crippen MR) is 68.6 cm³/mol. The number of rotatable bonds is 3. The number of nitrogens with one attached hydrogen (secondary N) is 1. The van der Waals surface area contributed by atoms with Crippen molar-refractivity contribution in [3.8, 4) is 0 Å². The molecule has 1 N–H and O–H groups in total. The Morgan fingerprint density at radius 1 is 0.944 bits per heavy atom. The largest absolute Gasteiger partial charge is 0.321 e. The lowest BCUT2D eigenvalue weighted by molar-refractivity contribution is 0.101. The first-order chi connectivity index (χ1) is 8.66. The highest BCUT2D eigenvalue weighted by atomic mass is 16.2. The van der Waals surface area contributed by atoms with Gasteiger partial charge in [0.15, 0.2) is 5.78 Å². The van der Waals surface area contributed by atoms with Crippen LogP contribution in [0.4, 0.5) is 5.69 Å². The zero-order chi connectivity index (χ0) is 13.0. The molecular weight excluding hydrogens is 228 g/mol. The fourth-order valence-electron chi connectivity index (χ4n) is 1.47. The molecule has 0 bridgehead atoms. The van der Waals surface area contributed by atoms with E-state index in [0.717, 1.165) is 0 Å². The van der Waals surface area contributed by atoms with Crippen LogP contribution in [0.25, 0.3) is 0 Å². The summed E-state index contributed by atoms with van der Waals surface area (Å²) in [6.45, 7) is 1.42. The van der Waals surface area contributed by atoms with Crippen LogP contribution < -0.4 is 5.32 Å². The van der Waals surface area contributed by atoms with E-state index in [4.69, 9.17) is 0 Å². The van der Waals surface area contributed by atoms with Crippen LogP contribution in [-0.2, 0) is 0 Å². The summed E-state index contributed by atoms with van der Waals surface area (Å²) < 4.78 is 0. The zero-order valence-electron chi connectivity index (χ0n) is 9.88. The van der Waals surface area contributed by atoms with E-state index < -0.39 is 0 Å². The van der Waals surface area contributed by atoms with E-state index >= 15 is 0 Å². The predicted octanol–water partition coefficient (Wildman–Crippen LogP) is 2.54. The van der Waals surface area contributed by atoms with E-state index in [1.54, 1.807) is 30.3 Å². The molecule has 0 radical (unpaired) electrons. The number of pyridine rings is 1. The summed E-state index contributed by atoms with van der Waals surface area (Å²) in [5.74, 6) is -0.492. The SMILES string of the molecule is CC(=O)c1cccc(C(=O)Nc2ccccc2)n1. The van der Waals surface area contributed by atoms with Gasteiger partial charge in [0, 0.05) is 12.6 Å². The number of nitrogens with zero attached hydrogens (tertiary/aromatic N) is 1. The number of carbonyl (C=O) groups excluding carboxylic acids is 2. The molecule has 0 fully saturated rings. The average molecular weight is 240 g/mol. The highest BCUT2D eigenvalue weighted by molar-refractivity contribution is 6.03. The van der Waals surface area contributed by atoms with Crippen LogP contribution >= 0.6 is 0 Å². The van der Waals surface area contributed by atoms with Gasteiger partial charge in [-0.05, 0) is 24.3 Å². The molecule has 0 saturated heterocycles. The normalized spacial score (nSPS) is 9.83. The van der Waals surface area contributed by atoms with Gasteiger partial charge >= 0.3 is 0 Å². The van der Waals surface area contributed by atoms with E-state index in [2.05, 4.69) is 10.3 Å². The molecule has 1 amide bonds. The van der Waals surface area contributed by atoms with Crippen molar-refractivity contribution >= 4 is 17.4 Å². The van der Waals surface area contributed by atoms with Crippen LogP contribution in [0.1, 0.15) is 27.9 Å². The molecule has 0 saturated carbocycles. The van der Waals surface area contributed by atoms with Gasteiger partial charge in [-0.25, -0.2) is 4.98 Å². The fourth-order valence-corrected chi connectivity index (χ4v) is 1.47. The Morgan fingerprint density at radius 2 is 1.61 bits per heavy atom. The lowest BCUT2D eigenvalue weighted by Gasteiger charge is -2.04. The molecule has 1 heterocycles. The molecule has 90 valence electrons. The quantitative estimate of drug-likeness (QED) is 0.839. The number of amides is 1. The third-order valence-electron chi connectivity index (χ3n) is 2.37. The average Bonchev–Trinajstić information content (AvgIpc) is 2.40. The summed E-state index contributed by atoms with van der Waals surface area (Å²) in [6.07, 6.45) is 0. The number of hydrogen-bond acceptors (Lipinski definition) is 3. The molecule has 0 spiro atoms. The molecular formula is C14H12N2O2. The fraction of sp³-hybridized carbons (Fsp3) is 0.0714. The second kappa shape index (κ2) is 5.23. The molecule has 1 aromatic carbocycles. The minimum atomic E-state index is -0.329. The summed E-state index contributed by atoms with van der Waals surface area (Å²) in [5.41, 5.74) is 1.21. The van der Waals surface area contributed by atoms with Crippen molar-refractivity contribution in [1.82, 2.24) is 4.98 Å². The van der Waals surface area contributed by atoms with Crippen molar-refractivity contribution in [2.45, 2.75) is 6.92 Å². The smallest absolute Gasteiger partial charge is 0.274 e. The van der Waals surface area contributed by atoms with Gasteiger partial charge in [0.05, 0.1) is 0 Å². The Labute approximate surface area is 105 Å². The third-order valence-corrected chi connectivity index (χ3v) is 2.37. The molecule has 0 atom stereocenters. The van der Waals surface area contributed by atoms with Gasteiger partial charge in [0.25, 0.3) is 5.91 Å². The molecule has 1 aromatic heterocycles. The number of ketones is 1. The van der Waals surface area contributed by atoms with Crippen LogP contribution in [0.2, 0.25) is 0 Å². The molecule has 4 heteroatoms. The number of para-hydroxylation sites is 1. The number of benzene rings is 1. The van der Waals surface area contributed by atoms with Crippen LogP contribution in [-0.4, -0.2) is 16.7 Å². The highest BCUT2D eigenvalue weighted by Gasteiger charge is 2.09. The monoisotopic (exact) mass is 240 g/mol. The number of aromatic nitrogens is 1. The lowest BCUT2D eigenvalue weighted by atomic mass is 10.2. The Balaban J connectivity index is 2.19. The summed E-state index contributed by atoms with van der Waals surface area (Å²) in [5, 5.41) is 2.71. The molecule has 18 heavy (non-hydrogen) atoms. The minimum Gasteiger partial charge on any atom is -0.321 e. The maximum absolute atomic E-state index is 11.9. The highest BCUT2D eigenvalue weighted by Crippen LogP contribution is 2.08. The van der Waals surface area contributed by atoms with Gasteiger partial charge in [-0.1, -0.05) is 24.3 Å². The first-order valence-corrected chi connectivity index (χ1v) is 5.51. The molecule has 4 nitrogen and oxygen atoms in total. The zero-order valence-corrected chi connectivity index (χ0v) is 9.88. The maximum atomic E-state index is 11.9. The molecule has 2 rings (SSSR count). The topological polar surface area (TPSA) is 59.1 Å². The van der Waals surface area contributed by atoms with Crippen molar-refractivity contribution in [1.29, 1.82) is 0 Å². The Morgan fingerprint density at radius 3 is 2.28 bits per heavy atom. The molecule has 0 unspecified atom stereocenters. The van der Waals surface area contributed by atoms with Crippen molar-refractivity contribution < 1.29 is 9.59 Å². The summed E-state index contributed by atoms with van der Waals surface area (Å²) in [4.78, 5) is 27.1. The summed E-state index contributed by atoms with van der Waals surface area (Å²) >= 11 is 0. The summed E-state index contributed by atoms with van der Waals surface area (Å²) in [6, 6.07) is 13.9. The number of hydrogen-bond donors (Lipinski definition) is 1. The second-order valence-corrected chi connectivity index (χ2v) is 3.78. The molecule has 2 aromatic rings. The van der Waals surface area contributed by atoms with Crippen LogP contribution in [0.15, 0.2) is 48.5 Å². The standard InChI is InChI=1S/C14H12N2O2/c1-10(17)12-8-5-9-13(16-12)14(18)15-11-6-3-2-4-7-11/h2-9H,1H3,(H,15,18). The van der Waals surface area contributed by atoms with Crippen LogP contribution in [0.5, 0.6) is 0 Å². The van der Waals surface area contributed by atoms with E-state index in [0.29, 0.717) is 5.69 Å². The molecule has 0 aliphatic rings. The summed E-state index contributed by atoms with van der Waals surface area (Å²) in [7, 11) is 0. The Bertz CT molecular complexity index is 579. The van der Waals surface area contributed by atoms with Gasteiger partial charge in [0.1, 0.15) is 11.4 Å². The van der Waals surface area contributed by atoms with Crippen molar-refractivity contribution in [3.63, 3.8) is 0 Å². The van der Waals surface area contributed by atoms with E-state index in [1.165, 1.54) is 6.92 Å². The lowest BCUT2D eigenvalue weighted by Crippen LogP contribution is -2.14. The van der Waals surface area contributed by atoms with Gasteiger partial charge in [-0.15, -0.1) is 0 Å². The molecule has 0 aliphatic heterocycles. The molecule has 0 aliphatic carbocycles. The number of anilines is 1. The third kappa shape index (κ3) is 2.79. The van der Waals surface area contributed by atoms with Gasteiger partial charge < -0.3 is 5.32 Å². The first kappa shape index (κ1) is 12.0. The minimum absolute atomic E-state index is 0.163. The van der Waals surface area contributed by atoms with Crippen molar-refractivity contribution in [3.05, 3.63) is 59.9 Å².